The van der Waals surface area contributed by atoms with Crippen molar-refractivity contribution in [3.05, 3.63) is 76.9 Å². The van der Waals surface area contributed by atoms with Crippen molar-refractivity contribution in [2.24, 2.45) is 17.3 Å². The Labute approximate surface area is 363 Å². The van der Waals surface area contributed by atoms with Crippen molar-refractivity contribution in [1.29, 1.82) is 0 Å². The zero-order valence-corrected chi connectivity index (χ0v) is 38.4. The third-order valence-corrected chi connectivity index (χ3v) is 10.8. The minimum atomic E-state index is -0.954. The van der Waals surface area contributed by atoms with Gasteiger partial charge in [-0.2, -0.15) is 0 Å². The van der Waals surface area contributed by atoms with Gasteiger partial charge in [-0.25, -0.2) is 4.79 Å². The molecule has 0 bridgehead atoms. The van der Waals surface area contributed by atoms with Crippen LogP contribution in [0.15, 0.2) is 60.2 Å². The molecule has 334 valence electrons. The Morgan fingerprint density at radius 2 is 1.41 bits per heavy atom. The Morgan fingerprint density at radius 1 is 0.803 bits per heavy atom. The summed E-state index contributed by atoms with van der Waals surface area (Å²) in [6.45, 7) is 20.7. The van der Waals surface area contributed by atoms with E-state index >= 15 is 0 Å². The third-order valence-electron chi connectivity index (χ3n) is 10.8. The molecule has 13 heteroatoms. The summed E-state index contributed by atoms with van der Waals surface area (Å²) >= 11 is 0. The predicted octanol–water partition coefficient (Wildman–Crippen LogP) is 6.37. The summed E-state index contributed by atoms with van der Waals surface area (Å²) in [6, 6.07) is 12.9. The topological polar surface area (TPSA) is 166 Å². The molecule has 0 aliphatic carbocycles. The fourth-order valence-electron chi connectivity index (χ4n) is 7.21. The van der Waals surface area contributed by atoms with Gasteiger partial charge in [0, 0.05) is 25.5 Å². The van der Waals surface area contributed by atoms with Crippen molar-refractivity contribution in [2.45, 2.75) is 139 Å². The molecule has 2 aromatic carbocycles. The number of esters is 1. The average Bonchev–Trinajstić information content (AvgIpc) is 3.19. The maximum atomic E-state index is 14.0. The molecule has 1 aliphatic heterocycles. The lowest BCUT2D eigenvalue weighted by molar-refractivity contribution is -0.139. The van der Waals surface area contributed by atoms with Crippen LogP contribution in [0, 0.1) is 17.3 Å². The van der Waals surface area contributed by atoms with Crippen LogP contribution in [0.4, 0.5) is 5.69 Å². The first-order chi connectivity index (χ1) is 28.7. The fraction of sp³-hybridized carbons (Fsp3) is 0.542. The van der Waals surface area contributed by atoms with Crippen molar-refractivity contribution in [3.8, 4) is 0 Å². The van der Waals surface area contributed by atoms with E-state index in [1.807, 2.05) is 108 Å². The Kier molecular flexibility index (Phi) is 18.9. The van der Waals surface area contributed by atoms with Gasteiger partial charge < -0.3 is 30.5 Å². The summed E-state index contributed by atoms with van der Waals surface area (Å²) in [4.78, 5) is 83.3. The summed E-state index contributed by atoms with van der Waals surface area (Å²) in [5, 5.41) is 11.7. The molecule has 4 N–H and O–H groups in total. The first-order valence-electron chi connectivity index (χ1n) is 21.6. The van der Waals surface area contributed by atoms with Crippen LogP contribution in [0.3, 0.4) is 0 Å². The van der Waals surface area contributed by atoms with Gasteiger partial charge in [-0.05, 0) is 80.5 Å². The maximum Gasteiger partial charge on any atom is 0.333 e. The molecule has 13 nitrogen and oxygen atoms in total. The second kappa shape index (κ2) is 23.1. The molecule has 5 atom stereocenters. The quantitative estimate of drug-likeness (QED) is 0.0549. The van der Waals surface area contributed by atoms with Crippen molar-refractivity contribution in [1.82, 2.24) is 26.2 Å². The second-order valence-electron chi connectivity index (χ2n) is 17.7. The summed E-state index contributed by atoms with van der Waals surface area (Å²) in [7, 11) is 1.70. The molecule has 3 rings (SSSR count). The number of hydrogen-bond donors (Lipinski definition) is 4. The van der Waals surface area contributed by atoms with Crippen molar-refractivity contribution in [3.63, 3.8) is 0 Å². The number of fused-ring (bicyclic) bond motifs is 2. The summed E-state index contributed by atoms with van der Waals surface area (Å²) in [5.74, 6) is -2.25. The number of nitrogens with zero attached hydrogens (tertiary/aromatic N) is 2. The molecule has 1 aliphatic rings. The number of nitrogens with one attached hydrogen (secondary N) is 4. The van der Waals surface area contributed by atoms with E-state index in [2.05, 4.69) is 27.3 Å². The molecule has 1 unspecified atom stereocenters. The van der Waals surface area contributed by atoms with E-state index in [0.29, 0.717) is 25.0 Å². The summed E-state index contributed by atoms with van der Waals surface area (Å²) in [5.41, 5.74) is 3.77. The van der Waals surface area contributed by atoms with Crippen LogP contribution in [0.1, 0.15) is 119 Å². The number of hydrogen-bond acceptors (Lipinski definition) is 8. The molecular weight excluding hydrogens is 773 g/mol. The van der Waals surface area contributed by atoms with Crippen molar-refractivity contribution in [2.75, 3.05) is 18.6 Å². The largest absolute Gasteiger partial charge is 0.463 e. The first kappa shape index (κ1) is 50.1. The summed E-state index contributed by atoms with van der Waals surface area (Å²) in [6.07, 6.45) is 6.52. The number of carbonyl (C=O) groups excluding carboxylic acids is 6. The fourth-order valence-corrected chi connectivity index (χ4v) is 7.21. The third kappa shape index (κ3) is 14.7. The van der Waals surface area contributed by atoms with Gasteiger partial charge >= 0.3 is 5.97 Å². The van der Waals surface area contributed by atoms with Gasteiger partial charge in [0.2, 0.25) is 29.5 Å². The number of benzene rings is 2. The van der Waals surface area contributed by atoms with Gasteiger partial charge in [-0.3, -0.25) is 29.3 Å². The minimum absolute atomic E-state index is 0.00780. The molecule has 0 saturated heterocycles. The van der Waals surface area contributed by atoms with Crippen LogP contribution in [0.5, 0.6) is 0 Å². The normalized spacial score (nSPS) is 15.8. The molecule has 2 aromatic rings. The Hall–Kier alpha value is -5.30. The van der Waals surface area contributed by atoms with E-state index in [1.165, 1.54) is 0 Å². The number of likely N-dealkylation sites (N-methyl/N-ethyl adjacent to an activating group) is 1. The van der Waals surface area contributed by atoms with Crippen molar-refractivity contribution >= 4 is 53.3 Å². The average molecular weight is 843 g/mol. The van der Waals surface area contributed by atoms with Crippen molar-refractivity contribution < 1.29 is 33.5 Å². The van der Waals surface area contributed by atoms with Crippen LogP contribution in [-0.2, 0) is 40.0 Å². The Morgan fingerprint density at radius 3 is 2.03 bits per heavy atom. The van der Waals surface area contributed by atoms with E-state index < -0.39 is 53.5 Å². The molecule has 61 heavy (non-hydrogen) atoms. The molecule has 0 fully saturated rings. The van der Waals surface area contributed by atoms with Gasteiger partial charge in [0.15, 0.2) is 0 Å². The van der Waals surface area contributed by atoms with Crippen LogP contribution < -0.4 is 26.2 Å². The van der Waals surface area contributed by atoms with Gasteiger partial charge in [0.05, 0.1) is 37.1 Å². The zero-order valence-electron chi connectivity index (χ0n) is 38.4. The predicted molar refractivity (Wildman–Crippen MR) is 242 cm³/mol. The standard InChI is InChI=1S/C48H70N6O7/c1-13-61-47(60)32(6)28-39(30(2)3)53(12)46(59)43(48(9,10)11)50-34(8)51-44(57)33(7)49-45(58)42(31(4)5)52-40(55)24-18-19-25-41(56)54-29-37-22-15-14-20-35(37)26-27-36-21-16-17-23-38(36)54/h14-17,20-23,26-28,30-31,33-34,39,42-43,50H,13,18-19,24-25,29H2,1-12H3,(H,49,58)(H,51,57)(H,52,55)/b27-26-,32-28+/t33-,34?,39+,42-,43+/m0/s1. The number of para-hydroxylation sites is 1. The number of anilines is 1. The zero-order chi connectivity index (χ0) is 45.6. The molecule has 0 spiro atoms. The minimum Gasteiger partial charge on any atom is -0.463 e. The number of amides is 5. The van der Waals surface area contributed by atoms with E-state index in [0.717, 1.165) is 22.4 Å². The smallest absolute Gasteiger partial charge is 0.333 e. The SMILES string of the molecule is CCOC(=O)/C(C)=C/[C@H](C(C)C)N(C)C(=O)[C@@H](NC(C)NC(=O)[C@H](C)NC(=O)[C@@H](NC(=O)CCCCC(=O)N1Cc2ccccc2/C=C\c2ccccc21)C(C)C)C(C)(C)C. The van der Waals surface area contributed by atoms with Crippen LogP contribution >= 0.6 is 0 Å². The van der Waals surface area contributed by atoms with E-state index in [9.17, 15) is 28.8 Å². The Balaban J connectivity index is 1.55. The molecule has 1 heterocycles. The molecule has 5 amide bonds. The first-order valence-corrected chi connectivity index (χ1v) is 21.6. The number of unbranched alkanes of at least 4 members (excludes halogenated alkanes) is 1. The van der Waals surface area contributed by atoms with Gasteiger partial charge in [-0.15, -0.1) is 0 Å². The van der Waals surface area contributed by atoms with E-state index in [1.54, 1.807) is 45.7 Å². The maximum absolute atomic E-state index is 14.0. The highest BCUT2D eigenvalue weighted by atomic mass is 16.5. The second-order valence-corrected chi connectivity index (χ2v) is 17.7. The monoisotopic (exact) mass is 843 g/mol. The van der Waals surface area contributed by atoms with Gasteiger partial charge in [0.1, 0.15) is 12.1 Å². The molecule has 0 aromatic heterocycles. The van der Waals surface area contributed by atoms with Crippen LogP contribution in [0.25, 0.3) is 12.2 Å². The summed E-state index contributed by atoms with van der Waals surface area (Å²) < 4.78 is 5.14. The number of carbonyl (C=O) groups is 6. The van der Waals surface area contributed by atoms with Crippen LogP contribution in [0.2, 0.25) is 0 Å². The lowest BCUT2D eigenvalue weighted by atomic mass is 9.85. The molecular formula is C48H70N6O7. The van der Waals surface area contributed by atoms with E-state index in [4.69, 9.17) is 4.74 Å². The number of ether oxygens (including phenoxy) is 1. The molecule has 0 radical (unpaired) electrons. The lowest BCUT2D eigenvalue weighted by Crippen LogP contribution is -2.61. The highest BCUT2D eigenvalue weighted by Gasteiger charge is 2.37. The van der Waals surface area contributed by atoms with Gasteiger partial charge in [-0.1, -0.05) is 109 Å². The Bertz CT molecular complexity index is 1920. The van der Waals surface area contributed by atoms with Crippen LogP contribution in [-0.4, -0.2) is 84.4 Å². The number of rotatable bonds is 19. The molecule has 0 saturated carbocycles. The van der Waals surface area contributed by atoms with E-state index in [-0.39, 0.29) is 49.0 Å². The highest BCUT2D eigenvalue weighted by molar-refractivity contribution is 5.97. The highest BCUT2D eigenvalue weighted by Crippen LogP contribution is 2.30. The lowest BCUT2D eigenvalue weighted by Gasteiger charge is -2.39. The van der Waals surface area contributed by atoms with Gasteiger partial charge in [0.25, 0.3) is 0 Å².